The van der Waals surface area contributed by atoms with Gasteiger partial charge in [0.15, 0.2) is 5.82 Å². The van der Waals surface area contributed by atoms with E-state index in [-0.39, 0.29) is 11.9 Å². The van der Waals surface area contributed by atoms with Crippen molar-refractivity contribution in [1.29, 1.82) is 0 Å². The van der Waals surface area contributed by atoms with Crippen molar-refractivity contribution in [3.05, 3.63) is 42.5 Å². The molecule has 2 aromatic rings. The van der Waals surface area contributed by atoms with E-state index in [0.717, 1.165) is 18.7 Å². The molecule has 6 heteroatoms. The third kappa shape index (κ3) is 2.90. The first-order valence-corrected chi connectivity index (χ1v) is 7.00. The van der Waals surface area contributed by atoms with Gasteiger partial charge in [0.25, 0.3) is 5.91 Å². The van der Waals surface area contributed by atoms with Crippen molar-refractivity contribution in [1.82, 2.24) is 25.2 Å². The van der Waals surface area contributed by atoms with Crippen LogP contribution in [0, 0.1) is 0 Å². The fraction of sp³-hybridized carbons (Fsp3) is 0.333. The molecule has 1 N–H and O–H groups in total. The lowest BCUT2D eigenvalue weighted by Gasteiger charge is -2.33. The van der Waals surface area contributed by atoms with Crippen molar-refractivity contribution in [3.63, 3.8) is 0 Å². The maximum absolute atomic E-state index is 12.5. The Kier molecular flexibility index (Phi) is 3.87. The van der Waals surface area contributed by atoms with E-state index in [0.29, 0.717) is 17.9 Å². The number of carbonyl (C=O) groups excluding carboxylic acids is 1. The highest BCUT2D eigenvalue weighted by atomic mass is 16.2. The third-order valence-corrected chi connectivity index (χ3v) is 3.60. The average molecular weight is 283 g/mol. The largest absolute Gasteiger partial charge is 0.333 e. The van der Waals surface area contributed by atoms with Crippen LogP contribution in [0.4, 0.5) is 0 Å². The maximum Gasteiger partial charge on any atom is 0.257 e. The molecule has 3 rings (SSSR count). The summed E-state index contributed by atoms with van der Waals surface area (Å²) in [5.74, 6) is 0.590. The van der Waals surface area contributed by atoms with Crippen LogP contribution in [0.1, 0.15) is 17.3 Å². The van der Waals surface area contributed by atoms with Crippen molar-refractivity contribution < 1.29 is 4.79 Å². The first-order chi connectivity index (χ1) is 10.3. The molecule has 3 heterocycles. The molecule has 108 valence electrons. The molecule has 1 atom stereocenters. The number of hydrogen-bond acceptors (Lipinski definition) is 5. The first kappa shape index (κ1) is 13.6. The van der Waals surface area contributed by atoms with Crippen molar-refractivity contribution in [2.75, 3.05) is 19.6 Å². The topological polar surface area (TPSA) is 71.0 Å². The lowest BCUT2D eigenvalue weighted by Crippen LogP contribution is -2.52. The molecule has 0 aromatic carbocycles. The lowest BCUT2D eigenvalue weighted by atomic mass is 10.2. The summed E-state index contributed by atoms with van der Waals surface area (Å²) in [6.07, 6.45) is 6.58. The van der Waals surface area contributed by atoms with Crippen molar-refractivity contribution in [2.24, 2.45) is 0 Å². The Bertz CT molecular complexity index is 614. The molecule has 0 aliphatic carbocycles. The summed E-state index contributed by atoms with van der Waals surface area (Å²) >= 11 is 0. The number of amides is 1. The van der Waals surface area contributed by atoms with Crippen LogP contribution in [0.3, 0.4) is 0 Å². The van der Waals surface area contributed by atoms with Gasteiger partial charge in [0.1, 0.15) is 0 Å². The fourth-order valence-corrected chi connectivity index (χ4v) is 2.40. The normalized spacial score (nSPS) is 18.5. The summed E-state index contributed by atoms with van der Waals surface area (Å²) in [6, 6.07) is 3.87. The van der Waals surface area contributed by atoms with E-state index >= 15 is 0 Å². The van der Waals surface area contributed by atoms with E-state index in [9.17, 15) is 4.79 Å². The summed E-state index contributed by atoms with van der Waals surface area (Å²) < 4.78 is 0. The molecule has 1 saturated heterocycles. The molecule has 1 fully saturated rings. The standard InChI is InChI=1S/C15H17N5O/c1-11-8-17-6-7-20(11)15(21)13-9-18-14(19-10-13)12-2-4-16-5-3-12/h2-5,9-11,17H,6-8H2,1H3/t11-/m1/s1. The third-order valence-electron chi connectivity index (χ3n) is 3.60. The van der Waals surface area contributed by atoms with E-state index in [4.69, 9.17) is 0 Å². The SMILES string of the molecule is C[C@@H]1CNCCN1C(=O)c1cnc(-c2ccncc2)nc1. The van der Waals surface area contributed by atoms with Gasteiger partial charge in [-0.2, -0.15) is 0 Å². The van der Waals surface area contributed by atoms with Crippen LogP contribution in [0.5, 0.6) is 0 Å². The molecule has 1 aliphatic heterocycles. The van der Waals surface area contributed by atoms with E-state index in [1.165, 1.54) is 0 Å². The van der Waals surface area contributed by atoms with Gasteiger partial charge in [0, 0.05) is 56.0 Å². The minimum absolute atomic E-state index is 0.00900. The molecular weight excluding hydrogens is 266 g/mol. The van der Waals surface area contributed by atoms with Crippen LogP contribution in [0.15, 0.2) is 36.9 Å². The minimum Gasteiger partial charge on any atom is -0.333 e. The molecule has 1 amide bonds. The highest BCUT2D eigenvalue weighted by molar-refractivity contribution is 5.94. The van der Waals surface area contributed by atoms with Gasteiger partial charge in [0.2, 0.25) is 0 Å². The van der Waals surface area contributed by atoms with Crippen molar-refractivity contribution >= 4 is 5.91 Å². The van der Waals surface area contributed by atoms with Gasteiger partial charge >= 0.3 is 0 Å². The number of rotatable bonds is 2. The van der Waals surface area contributed by atoms with E-state index in [1.807, 2.05) is 24.0 Å². The van der Waals surface area contributed by atoms with Gasteiger partial charge in [-0.3, -0.25) is 9.78 Å². The highest BCUT2D eigenvalue weighted by Crippen LogP contribution is 2.14. The quantitative estimate of drug-likeness (QED) is 0.889. The number of nitrogens with one attached hydrogen (secondary N) is 1. The molecule has 0 spiro atoms. The van der Waals surface area contributed by atoms with Crippen LogP contribution in [0.25, 0.3) is 11.4 Å². The summed E-state index contributed by atoms with van der Waals surface area (Å²) in [7, 11) is 0. The minimum atomic E-state index is -0.00900. The summed E-state index contributed by atoms with van der Waals surface area (Å²) in [4.78, 5) is 26.9. The number of nitrogens with zero attached hydrogens (tertiary/aromatic N) is 4. The van der Waals surface area contributed by atoms with Gasteiger partial charge in [0.05, 0.1) is 5.56 Å². The van der Waals surface area contributed by atoms with Gasteiger partial charge in [-0.05, 0) is 19.1 Å². The second kappa shape index (κ2) is 5.97. The fourth-order valence-electron chi connectivity index (χ4n) is 2.40. The number of piperazine rings is 1. The van der Waals surface area contributed by atoms with Crippen molar-refractivity contribution in [2.45, 2.75) is 13.0 Å². The van der Waals surface area contributed by atoms with Crippen LogP contribution in [-0.2, 0) is 0 Å². The molecule has 0 saturated carbocycles. The zero-order chi connectivity index (χ0) is 14.7. The molecule has 0 unspecified atom stereocenters. The Labute approximate surface area is 123 Å². The molecule has 0 bridgehead atoms. The van der Waals surface area contributed by atoms with E-state index < -0.39 is 0 Å². The molecule has 21 heavy (non-hydrogen) atoms. The Morgan fingerprint density at radius 3 is 2.67 bits per heavy atom. The number of aromatic nitrogens is 3. The summed E-state index contributed by atoms with van der Waals surface area (Å²) in [5, 5.41) is 3.27. The molecule has 2 aromatic heterocycles. The second-order valence-corrected chi connectivity index (χ2v) is 5.08. The van der Waals surface area contributed by atoms with E-state index in [2.05, 4.69) is 20.3 Å². The van der Waals surface area contributed by atoms with Gasteiger partial charge < -0.3 is 10.2 Å². The maximum atomic E-state index is 12.5. The van der Waals surface area contributed by atoms with Crippen molar-refractivity contribution in [3.8, 4) is 11.4 Å². The first-order valence-electron chi connectivity index (χ1n) is 7.00. The van der Waals surface area contributed by atoms with Crippen LogP contribution in [0.2, 0.25) is 0 Å². The number of pyridine rings is 1. The molecular formula is C15H17N5O. The molecule has 6 nitrogen and oxygen atoms in total. The Balaban J connectivity index is 1.79. The number of carbonyl (C=O) groups is 1. The van der Waals surface area contributed by atoms with Gasteiger partial charge in [-0.15, -0.1) is 0 Å². The highest BCUT2D eigenvalue weighted by Gasteiger charge is 2.24. The Hall–Kier alpha value is -2.34. The summed E-state index contributed by atoms with van der Waals surface area (Å²) in [5.41, 5.74) is 1.42. The average Bonchev–Trinajstić information content (AvgIpc) is 2.56. The summed E-state index contributed by atoms with van der Waals surface area (Å²) in [6.45, 7) is 4.40. The Morgan fingerprint density at radius 1 is 1.29 bits per heavy atom. The second-order valence-electron chi connectivity index (χ2n) is 5.08. The predicted octanol–water partition coefficient (Wildman–Crippen LogP) is 0.972. The monoisotopic (exact) mass is 283 g/mol. The lowest BCUT2D eigenvalue weighted by molar-refractivity contribution is 0.0655. The van der Waals surface area contributed by atoms with Crippen LogP contribution < -0.4 is 5.32 Å². The smallest absolute Gasteiger partial charge is 0.257 e. The molecule has 1 aliphatic rings. The van der Waals surface area contributed by atoms with Gasteiger partial charge in [-0.1, -0.05) is 0 Å². The van der Waals surface area contributed by atoms with Gasteiger partial charge in [-0.25, -0.2) is 9.97 Å². The number of hydrogen-bond donors (Lipinski definition) is 1. The zero-order valence-electron chi connectivity index (χ0n) is 11.9. The predicted molar refractivity (Wildman–Crippen MR) is 78.6 cm³/mol. The van der Waals surface area contributed by atoms with Crippen LogP contribution in [-0.4, -0.2) is 51.4 Å². The van der Waals surface area contributed by atoms with E-state index in [1.54, 1.807) is 24.8 Å². The molecule has 0 radical (unpaired) electrons. The Morgan fingerprint density at radius 2 is 2.00 bits per heavy atom. The zero-order valence-corrected chi connectivity index (χ0v) is 11.9. The van der Waals surface area contributed by atoms with Crippen LogP contribution >= 0.6 is 0 Å².